The van der Waals surface area contributed by atoms with Gasteiger partial charge < -0.3 is 0 Å². The van der Waals surface area contributed by atoms with Crippen molar-refractivity contribution in [3.63, 3.8) is 0 Å². The third-order valence-electron chi connectivity index (χ3n) is 2.41. The highest BCUT2D eigenvalue weighted by Gasteiger charge is 2.05. The van der Waals surface area contributed by atoms with Gasteiger partial charge in [-0.05, 0) is 31.5 Å². The van der Waals surface area contributed by atoms with E-state index >= 15 is 0 Å². The maximum Gasteiger partial charge on any atom is 0.0524 e. The first-order chi connectivity index (χ1) is 7.56. The quantitative estimate of drug-likeness (QED) is 0.631. The SMILES string of the molecule is CC(C)(C)N=Cc1cccc2ccccc12. The Labute approximate surface area is 96.8 Å². The van der Waals surface area contributed by atoms with Crippen LogP contribution < -0.4 is 0 Å². The van der Waals surface area contributed by atoms with Crippen LogP contribution in [0.25, 0.3) is 10.8 Å². The molecule has 0 aliphatic carbocycles. The molecule has 0 atom stereocenters. The normalized spacial score (nSPS) is 12.4. The van der Waals surface area contributed by atoms with Gasteiger partial charge in [0.1, 0.15) is 0 Å². The van der Waals surface area contributed by atoms with Gasteiger partial charge in [-0.2, -0.15) is 0 Å². The molecule has 0 heterocycles. The topological polar surface area (TPSA) is 12.4 Å². The summed E-state index contributed by atoms with van der Waals surface area (Å²) >= 11 is 0. The van der Waals surface area contributed by atoms with Crippen molar-refractivity contribution >= 4 is 17.0 Å². The summed E-state index contributed by atoms with van der Waals surface area (Å²) < 4.78 is 0. The van der Waals surface area contributed by atoms with Crippen molar-refractivity contribution in [1.82, 2.24) is 0 Å². The lowest BCUT2D eigenvalue weighted by atomic mass is 10.0. The lowest BCUT2D eigenvalue weighted by molar-refractivity contribution is 0.587. The van der Waals surface area contributed by atoms with Crippen molar-refractivity contribution in [1.29, 1.82) is 0 Å². The van der Waals surface area contributed by atoms with Gasteiger partial charge in [0, 0.05) is 11.8 Å². The number of fused-ring (bicyclic) bond motifs is 1. The van der Waals surface area contributed by atoms with Gasteiger partial charge in [0.2, 0.25) is 0 Å². The molecule has 82 valence electrons. The van der Waals surface area contributed by atoms with E-state index in [0.29, 0.717) is 0 Å². The zero-order valence-electron chi connectivity index (χ0n) is 10.1. The summed E-state index contributed by atoms with van der Waals surface area (Å²) in [6.07, 6.45) is 1.97. The third kappa shape index (κ3) is 2.48. The molecule has 2 aromatic carbocycles. The fourth-order valence-corrected chi connectivity index (χ4v) is 1.63. The highest BCUT2D eigenvalue weighted by molar-refractivity contribution is 5.99. The molecule has 2 rings (SSSR count). The Hall–Kier alpha value is -1.63. The van der Waals surface area contributed by atoms with Crippen LogP contribution in [-0.4, -0.2) is 11.8 Å². The summed E-state index contributed by atoms with van der Waals surface area (Å²) in [6.45, 7) is 6.32. The lowest BCUT2D eigenvalue weighted by Gasteiger charge is -2.11. The van der Waals surface area contributed by atoms with E-state index < -0.39 is 0 Å². The van der Waals surface area contributed by atoms with Crippen LogP contribution in [0.15, 0.2) is 47.5 Å². The first kappa shape index (κ1) is 10.9. The van der Waals surface area contributed by atoms with Crippen molar-refractivity contribution in [3.05, 3.63) is 48.0 Å². The minimum atomic E-state index is -0.0169. The number of benzene rings is 2. The molecule has 0 N–H and O–H groups in total. The summed E-state index contributed by atoms with van der Waals surface area (Å²) in [5.74, 6) is 0. The number of hydrogen-bond donors (Lipinski definition) is 0. The second-order valence-electron chi connectivity index (χ2n) is 5.00. The smallest absolute Gasteiger partial charge is 0.0524 e. The third-order valence-corrected chi connectivity index (χ3v) is 2.41. The molecule has 0 aromatic heterocycles. The number of nitrogens with zero attached hydrogens (tertiary/aromatic N) is 1. The van der Waals surface area contributed by atoms with E-state index in [1.165, 1.54) is 16.3 Å². The average Bonchev–Trinajstić information content (AvgIpc) is 2.25. The van der Waals surface area contributed by atoms with Gasteiger partial charge in [0.15, 0.2) is 0 Å². The van der Waals surface area contributed by atoms with Gasteiger partial charge >= 0.3 is 0 Å². The van der Waals surface area contributed by atoms with Crippen LogP contribution in [0.4, 0.5) is 0 Å². The van der Waals surface area contributed by atoms with Gasteiger partial charge in [-0.25, -0.2) is 0 Å². The molecule has 0 bridgehead atoms. The molecule has 0 saturated heterocycles. The summed E-state index contributed by atoms with van der Waals surface area (Å²) in [6, 6.07) is 14.7. The minimum Gasteiger partial charge on any atom is -0.287 e. The Morgan fingerprint density at radius 1 is 0.938 bits per heavy atom. The van der Waals surface area contributed by atoms with Gasteiger partial charge in [-0.15, -0.1) is 0 Å². The highest BCUT2D eigenvalue weighted by atomic mass is 14.8. The molecule has 16 heavy (non-hydrogen) atoms. The van der Waals surface area contributed by atoms with Crippen LogP contribution in [0, 0.1) is 0 Å². The van der Waals surface area contributed by atoms with Crippen LogP contribution >= 0.6 is 0 Å². The molecule has 0 spiro atoms. The lowest BCUT2D eigenvalue weighted by Crippen LogP contribution is -2.09. The van der Waals surface area contributed by atoms with E-state index in [-0.39, 0.29) is 5.54 Å². The first-order valence-corrected chi connectivity index (χ1v) is 5.59. The molecule has 0 fully saturated rings. The zero-order chi connectivity index (χ0) is 11.6. The Kier molecular flexibility index (Phi) is 2.78. The molecule has 0 amide bonds. The van der Waals surface area contributed by atoms with E-state index in [1.807, 2.05) is 6.21 Å². The Bertz CT molecular complexity index is 513. The Morgan fingerprint density at radius 2 is 1.62 bits per heavy atom. The summed E-state index contributed by atoms with van der Waals surface area (Å²) in [5.41, 5.74) is 1.17. The minimum absolute atomic E-state index is 0.0169. The largest absolute Gasteiger partial charge is 0.287 e. The van der Waals surface area contributed by atoms with E-state index in [9.17, 15) is 0 Å². The predicted molar refractivity (Wildman–Crippen MR) is 71.3 cm³/mol. The number of hydrogen-bond acceptors (Lipinski definition) is 1. The van der Waals surface area contributed by atoms with Crippen LogP contribution in [0.3, 0.4) is 0 Å². The molecule has 0 unspecified atom stereocenters. The molecule has 2 aromatic rings. The van der Waals surface area contributed by atoms with Gasteiger partial charge in [-0.3, -0.25) is 4.99 Å². The maximum absolute atomic E-state index is 4.55. The summed E-state index contributed by atoms with van der Waals surface area (Å²) in [7, 11) is 0. The van der Waals surface area contributed by atoms with E-state index in [1.54, 1.807) is 0 Å². The average molecular weight is 211 g/mol. The first-order valence-electron chi connectivity index (χ1n) is 5.59. The van der Waals surface area contributed by atoms with Gasteiger partial charge in [-0.1, -0.05) is 42.5 Å². The van der Waals surface area contributed by atoms with E-state index in [4.69, 9.17) is 0 Å². The summed E-state index contributed by atoms with van der Waals surface area (Å²) in [4.78, 5) is 4.55. The van der Waals surface area contributed by atoms with Crippen molar-refractivity contribution in [2.75, 3.05) is 0 Å². The molecule has 0 radical (unpaired) electrons. The van der Waals surface area contributed by atoms with Crippen molar-refractivity contribution < 1.29 is 0 Å². The van der Waals surface area contributed by atoms with E-state index in [0.717, 1.165) is 0 Å². The maximum atomic E-state index is 4.55. The van der Waals surface area contributed by atoms with Crippen LogP contribution in [0.1, 0.15) is 26.3 Å². The molecule has 1 heteroatoms. The predicted octanol–water partition coefficient (Wildman–Crippen LogP) is 4.06. The highest BCUT2D eigenvalue weighted by Crippen LogP contribution is 2.17. The fourth-order valence-electron chi connectivity index (χ4n) is 1.63. The second kappa shape index (κ2) is 4.09. The molecular formula is C15H17N. The standard InChI is InChI=1S/C15H17N/c1-15(2,3)16-11-13-9-6-8-12-7-4-5-10-14(12)13/h4-11H,1-3H3. The molecule has 0 aliphatic heterocycles. The zero-order valence-corrected chi connectivity index (χ0v) is 10.1. The van der Waals surface area contributed by atoms with Crippen LogP contribution in [0.5, 0.6) is 0 Å². The van der Waals surface area contributed by atoms with Gasteiger partial charge in [0.25, 0.3) is 0 Å². The second-order valence-corrected chi connectivity index (χ2v) is 5.00. The number of rotatable bonds is 1. The Balaban J connectivity index is 2.49. The summed E-state index contributed by atoms with van der Waals surface area (Å²) in [5, 5.41) is 2.53. The van der Waals surface area contributed by atoms with Crippen molar-refractivity contribution in [2.45, 2.75) is 26.3 Å². The molecular weight excluding hydrogens is 194 g/mol. The van der Waals surface area contributed by atoms with Crippen LogP contribution in [-0.2, 0) is 0 Å². The van der Waals surface area contributed by atoms with Crippen molar-refractivity contribution in [3.8, 4) is 0 Å². The number of aliphatic imine (C=N–C) groups is 1. The molecule has 1 nitrogen and oxygen atoms in total. The van der Waals surface area contributed by atoms with E-state index in [2.05, 4.69) is 68.2 Å². The van der Waals surface area contributed by atoms with Crippen LogP contribution in [0.2, 0.25) is 0 Å². The molecule has 0 saturated carbocycles. The van der Waals surface area contributed by atoms with Crippen molar-refractivity contribution in [2.24, 2.45) is 4.99 Å². The Morgan fingerprint density at radius 3 is 2.38 bits per heavy atom. The fraction of sp³-hybridized carbons (Fsp3) is 0.267. The monoisotopic (exact) mass is 211 g/mol. The van der Waals surface area contributed by atoms with Gasteiger partial charge in [0.05, 0.1) is 5.54 Å². The molecule has 0 aliphatic rings.